The van der Waals surface area contributed by atoms with Crippen molar-refractivity contribution in [2.45, 2.75) is 38.2 Å². The van der Waals surface area contributed by atoms with Gasteiger partial charge < -0.3 is 14.7 Å². The molecule has 0 bridgehead atoms. The van der Waals surface area contributed by atoms with Gasteiger partial charge in [-0.3, -0.25) is 0 Å². The Hall–Kier alpha value is -0.770. The zero-order valence-electron chi connectivity index (χ0n) is 12.1. The van der Waals surface area contributed by atoms with Gasteiger partial charge >= 0.3 is 0 Å². The molecule has 1 unspecified atom stereocenters. The van der Waals surface area contributed by atoms with Crippen LogP contribution in [0.5, 0.6) is 5.75 Å². The van der Waals surface area contributed by atoms with Crippen molar-refractivity contribution in [1.29, 1.82) is 0 Å². The highest BCUT2D eigenvalue weighted by atomic mass is 35.5. The van der Waals surface area contributed by atoms with Gasteiger partial charge in [0.25, 0.3) is 0 Å². The van der Waals surface area contributed by atoms with Crippen LogP contribution in [0.4, 0.5) is 0 Å². The van der Waals surface area contributed by atoms with Gasteiger partial charge in [-0.15, -0.1) is 0 Å². The molecule has 0 aromatic heterocycles. The fraction of sp³-hybridized carbons (Fsp3) is 0.625. The summed E-state index contributed by atoms with van der Waals surface area (Å²) in [7, 11) is 1.59. The molecule has 20 heavy (non-hydrogen) atoms. The van der Waals surface area contributed by atoms with Gasteiger partial charge in [-0.2, -0.15) is 0 Å². The second kappa shape index (κ2) is 7.87. The van der Waals surface area contributed by atoms with E-state index < -0.39 is 6.10 Å². The molecule has 2 rings (SSSR count). The number of ether oxygens (including phenoxy) is 1. The van der Waals surface area contributed by atoms with Gasteiger partial charge in [0.15, 0.2) is 0 Å². The first-order valence-electron chi connectivity index (χ1n) is 7.44. The maximum Gasteiger partial charge on any atom is 0.137 e. The Morgan fingerprint density at radius 3 is 2.55 bits per heavy atom. The van der Waals surface area contributed by atoms with E-state index in [4.69, 9.17) is 16.3 Å². The van der Waals surface area contributed by atoms with Gasteiger partial charge in [-0.1, -0.05) is 30.5 Å². The Morgan fingerprint density at radius 2 is 1.95 bits per heavy atom. The third-order valence-corrected chi connectivity index (χ3v) is 4.27. The summed E-state index contributed by atoms with van der Waals surface area (Å²) in [5.74, 6) is 0.648. The maximum atomic E-state index is 10.3. The average Bonchev–Trinajstić information content (AvgIpc) is 2.73. The molecule has 0 spiro atoms. The quantitative estimate of drug-likeness (QED) is 0.900. The number of hydrogen-bond donors (Lipinski definition) is 1. The predicted octanol–water partition coefficient (Wildman–Crippen LogP) is 3.65. The number of likely N-dealkylation sites (tertiary alicyclic amines) is 1. The lowest BCUT2D eigenvalue weighted by Crippen LogP contribution is -2.26. The third kappa shape index (κ3) is 4.37. The molecule has 1 aromatic rings. The Kier molecular flexibility index (Phi) is 6.14. The van der Waals surface area contributed by atoms with Gasteiger partial charge in [0.05, 0.1) is 18.2 Å². The minimum absolute atomic E-state index is 0.457. The highest BCUT2D eigenvalue weighted by Crippen LogP contribution is 2.28. The van der Waals surface area contributed by atoms with Crippen LogP contribution in [0.1, 0.15) is 43.8 Å². The van der Waals surface area contributed by atoms with Gasteiger partial charge in [0.2, 0.25) is 0 Å². The van der Waals surface area contributed by atoms with Crippen LogP contribution in [0.3, 0.4) is 0 Å². The van der Waals surface area contributed by atoms with Crippen molar-refractivity contribution in [3.8, 4) is 5.75 Å². The molecule has 1 aromatic carbocycles. The lowest BCUT2D eigenvalue weighted by Gasteiger charge is -2.21. The standard InChI is InChI=1S/C16H24ClNO2/c1-20-16-7-6-13(12-14(16)17)15(19)8-11-18-9-4-2-3-5-10-18/h6-7,12,15,19H,2-5,8-11H2,1H3. The number of methoxy groups -OCH3 is 1. The Labute approximate surface area is 126 Å². The number of halogens is 1. The highest BCUT2D eigenvalue weighted by Gasteiger charge is 2.14. The zero-order chi connectivity index (χ0) is 14.4. The second-order valence-corrected chi connectivity index (χ2v) is 5.86. The van der Waals surface area contributed by atoms with E-state index in [9.17, 15) is 5.11 Å². The molecular weight excluding hydrogens is 274 g/mol. The summed E-state index contributed by atoms with van der Waals surface area (Å²) in [4.78, 5) is 2.46. The van der Waals surface area contributed by atoms with E-state index in [0.29, 0.717) is 10.8 Å². The topological polar surface area (TPSA) is 32.7 Å². The van der Waals surface area contributed by atoms with E-state index in [-0.39, 0.29) is 0 Å². The molecular formula is C16H24ClNO2. The minimum Gasteiger partial charge on any atom is -0.495 e. The molecule has 1 aliphatic heterocycles. The number of aliphatic hydroxyl groups is 1. The molecule has 4 heteroatoms. The van der Waals surface area contributed by atoms with Gasteiger partial charge in [0, 0.05) is 6.54 Å². The van der Waals surface area contributed by atoms with Crippen molar-refractivity contribution < 1.29 is 9.84 Å². The van der Waals surface area contributed by atoms with Gasteiger partial charge in [0.1, 0.15) is 5.75 Å². The van der Waals surface area contributed by atoms with Crippen LogP contribution < -0.4 is 4.74 Å². The molecule has 1 saturated heterocycles. The number of rotatable bonds is 5. The molecule has 0 radical (unpaired) electrons. The van der Waals surface area contributed by atoms with Crippen LogP contribution in [-0.4, -0.2) is 36.8 Å². The largest absolute Gasteiger partial charge is 0.495 e. The number of nitrogens with zero attached hydrogens (tertiary/aromatic N) is 1. The van der Waals surface area contributed by atoms with Crippen LogP contribution in [0, 0.1) is 0 Å². The number of hydrogen-bond acceptors (Lipinski definition) is 3. The van der Waals surface area contributed by atoms with E-state index in [0.717, 1.165) is 31.6 Å². The van der Waals surface area contributed by atoms with Crippen LogP contribution in [0.25, 0.3) is 0 Å². The normalized spacial score (nSPS) is 18.6. The number of aliphatic hydroxyl groups excluding tert-OH is 1. The zero-order valence-corrected chi connectivity index (χ0v) is 12.9. The summed E-state index contributed by atoms with van der Waals surface area (Å²) < 4.78 is 5.13. The first-order valence-corrected chi connectivity index (χ1v) is 7.82. The van der Waals surface area contributed by atoms with Crippen molar-refractivity contribution in [2.24, 2.45) is 0 Å². The summed E-state index contributed by atoms with van der Waals surface area (Å²) in [6.07, 6.45) is 5.54. The summed E-state index contributed by atoms with van der Waals surface area (Å²) in [6.45, 7) is 3.27. The molecule has 1 aliphatic rings. The van der Waals surface area contributed by atoms with E-state index >= 15 is 0 Å². The molecule has 1 N–H and O–H groups in total. The van der Waals surface area contributed by atoms with Crippen molar-refractivity contribution in [2.75, 3.05) is 26.7 Å². The van der Waals surface area contributed by atoms with Crippen molar-refractivity contribution in [3.63, 3.8) is 0 Å². The molecule has 0 aliphatic carbocycles. The Balaban J connectivity index is 1.87. The fourth-order valence-electron chi connectivity index (χ4n) is 2.72. The van der Waals surface area contributed by atoms with Crippen LogP contribution in [0.2, 0.25) is 5.02 Å². The predicted molar refractivity (Wildman–Crippen MR) is 82.5 cm³/mol. The van der Waals surface area contributed by atoms with E-state index in [1.165, 1.54) is 25.7 Å². The molecule has 1 atom stereocenters. The van der Waals surface area contributed by atoms with Crippen molar-refractivity contribution in [3.05, 3.63) is 28.8 Å². The third-order valence-electron chi connectivity index (χ3n) is 3.98. The molecule has 0 saturated carbocycles. The Morgan fingerprint density at radius 1 is 1.25 bits per heavy atom. The smallest absolute Gasteiger partial charge is 0.137 e. The lowest BCUT2D eigenvalue weighted by molar-refractivity contribution is 0.143. The molecule has 0 amide bonds. The van der Waals surface area contributed by atoms with Gasteiger partial charge in [-0.25, -0.2) is 0 Å². The average molecular weight is 298 g/mol. The summed E-state index contributed by atoms with van der Waals surface area (Å²) in [6, 6.07) is 5.50. The Bertz CT molecular complexity index is 417. The SMILES string of the molecule is COc1ccc(C(O)CCN2CCCCCC2)cc1Cl. The summed E-state index contributed by atoms with van der Waals surface area (Å²) >= 11 is 6.10. The highest BCUT2D eigenvalue weighted by molar-refractivity contribution is 6.32. The second-order valence-electron chi connectivity index (χ2n) is 5.45. The van der Waals surface area contributed by atoms with Gasteiger partial charge in [-0.05, 0) is 50.0 Å². The van der Waals surface area contributed by atoms with Crippen LogP contribution in [-0.2, 0) is 0 Å². The van der Waals surface area contributed by atoms with E-state index in [1.54, 1.807) is 13.2 Å². The first kappa shape index (κ1) is 15.6. The van der Waals surface area contributed by atoms with E-state index in [1.807, 2.05) is 12.1 Å². The van der Waals surface area contributed by atoms with Crippen molar-refractivity contribution in [1.82, 2.24) is 4.90 Å². The molecule has 1 fully saturated rings. The maximum absolute atomic E-state index is 10.3. The fourth-order valence-corrected chi connectivity index (χ4v) is 2.99. The number of benzene rings is 1. The van der Waals surface area contributed by atoms with Crippen LogP contribution >= 0.6 is 11.6 Å². The summed E-state index contributed by atoms with van der Waals surface area (Å²) in [5.41, 5.74) is 0.866. The lowest BCUT2D eigenvalue weighted by atomic mass is 10.1. The minimum atomic E-state index is -0.457. The summed E-state index contributed by atoms with van der Waals surface area (Å²) in [5, 5.41) is 10.8. The van der Waals surface area contributed by atoms with E-state index in [2.05, 4.69) is 4.90 Å². The molecule has 112 valence electrons. The van der Waals surface area contributed by atoms with Crippen molar-refractivity contribution >= 4 is 11.6 Å². The molecule has 1 heterocycles. The van der Waals surface area contributed by atoms with Crippen LogP contribution in [0.15, 0.2) is 18.2 Å². The molecule has 3 nitrogen and oxygen atoms in total. The first-order chi connectivity index (χ1) is 9.70. The monoisotopic (exact) mass is 297 g/mol.